The highest BCUT2D eigenvalue weighted by atomic mass is 35.5. The molecule has 1 aromatic carbocycles. The van der Waals surface area contributed by atoms with Gasteiger partial charge in [-0.3, -0.25) is 0 Å². The van der Waals surface area contributed by atoms with E-state index in [1.165, 1.54) is 32.1 Å². The third kappa shape index (κ3) is 7.07. The van der Waals surface area contributed by atoms with Crippen molar-refractivity contribution in [2.45, 2.75) is 83.9 Å². The molecule has 1 aliphatic heterocycles. The highest BCUT2D eigenvalue weighted by Crippen LogP contribution is 2.60. The molecule has 4 bridgehead atoms. The average molecular weight is 620 g/mol. The minimum Gasteiger partial charge on any atom is -0.444 e. The zero-order chi connectivity index (χ0) is 30.9. The molecular formula is C34H46ClN7O2. The Balaban J connectivity index is 1.02. The number of piperidine rings is 1. The zero-order valence-electron chi connectivity index (χ0n) is 26.2. The van der Waals surface area contributed by atoms with Crippen LogP contribution in [0.2, 0.25) is 5.02 Å². The van der Waals surface area contributed by atoms with Crippen molar-refractivity contribution in [3.8, 4) is 6.07 Å². The van der Waals surface area contributed by atoms with Gasteiger partial charge in [0, 0.05) is 37.2 Å². The van der Waals surface area contributed by atoms with Gasteiger partial charge >= 0.3 is 6.09 Å². The summed E-state index contributed by atoms with van der Waals surface area (Å²) >= 11 is 6.31. The van der Waals surface area contributed by atoms with Crippen LogP contribution in [0.1, 0.15) is 76.8 Å². The largest absolute Gasteiger partial charge is 0.444 e. The molecule has 4 saturated carbocycles. The van der Waals surface area contributed by atoms with Gasteiger partial charge in [-0.1, -0.05) is 29.8 Å². The lowest BCUT2D eigenvalue weighted by Gasteiger charge is -2.60. The molecule has 2 aromatic rings. The molecule has 1 aromatic heterocycles. The maximum Gasteiger partial charge on any atom is 0.410 e. The van der Waals surface area contributed by atoms with Crippen LogP contribution in [0.25, 0.3) is 0 Å². The fourth-order valence-electron chi connectivity index (χ4n) is 8.46. The van der Waals surface area contributed by atoms with Crippen molar-refractivity contribution in [2.75, 3.05) is 36.8 Å². The van der Waals surface area contributed by atoms with Gasteiger partial charge in [0.15, 0.2) is 0 Å². The van der Waals surface area contributed by atoms with Crippen molar-refractivity contribution in [3.05, 3.63) is 46.6 Å². The molecule has 44 heavy (non-hydrogen) atoms. The lowest BCUT2D eigenvalue weighted by Crippen LogP contribution is -2.60. The fourth-order valence-corrected chi connectivity index (χ4v) is 8.66. The number of aromatic nitrogens is 2. The molecule has 5 atom stereocenters. The van der Waals surface area contributed by atoms with Crippen LogP contribution >= 0.6 is 11.6 Å². The predicted molar refractivity (Wildman–Crippen MR) is 172 cm³/mol. The van der Waals surface area contributed by atoms with Crippen LogP contribution in [-0.4, -0.2) is 58.8 Å². The zero-order valence-corrected chi connectivity index (χ0v) is 27.0. The van der Waals surface area contributed by atoms with Gasteiger partial charge in [0.2, 0.25) is 5.95 Å². The van der Waals surface area contributed by atoms with Crippen LogP contribution in [-0.2, 0) is 11.3 Å². The number of ether oxygens (including phenoxy) is 1. The molecule has 1 amide bonds. The Morgan fingerprint density at radius 1 is 1.14 bits per heavy atom. The number of rotatable bonds is 9. The Bertz CT molecular complexity index is 1360. The molecular weight excluding hydrogens is 574 g/mol. The van der Waals surface area contributed by atoms with Crippen LogP contribution in [0.3, 0.4) is 0 Å². The summed E-state index contributed by atoms with van der Waals surface area (Å²) in [5.74, 6) is 3.87. The van der Waals surface area contributed by atoms with Gasteiger partial charge in [0.1, 0.15) is 23.1 Å². The number of nitrogens with zero attached hydrogens (tertiary/aromatic N) is 4. The lowest BCUT2D eigenvalue weighted by atomic mass is 9.48. The Hall–Kier alpha value is -3.09. The van der Waals surface area contributed by atoms with Crippen molar-refractivity contribution >= 4 is 29.5 Å². The molecule has 2 heterocycles. The van der Waals surface area contributed by atoms with E-state index in [4.69, 9.17) is 21.3 Å². The number of carbonyl (C=O) groups excluding carboxylic acids is 1. The summed E-state index contributed by atoms with van der Waals surface area (Å²) in [7, 11) is 0. The van der Waals surface area contributed by atoms with Crippen molar-refractivity contribution in [2.24, 2.45) is 29.1 Å². The lowest BCUT2D eigenvalue weighted by molar-refractivity contribution is -0.0704. The number of anilines is 2. The maximum atomic E-state index is 12.5. The molecule has 1 saturated heterocycles. The molecule has 3 N–H and O–H groups in total. The van der Waals surface area contributed by atoms with Crippen molar-refractivity contribution in [3.63, 3.8) is 0 Å². The molecule has 0 spiro atoms. The second-order valence-corrected chi connectivity index (χ2v) is 15.1. The van der Waals surface area contributed by atoms with Gasteiger partial charge in [-0.2, -0.15) is 10.2 Å². The van der Waals surface area contributed by atoms with E-state index >= 15 is 0 Å². The maximum absolute atomic E-state index is 12.5. The van der Waals surface area contributed by atoms with E-state index in [0.29, 0.717) is 52.7 Å². The number of amides is 1. The summed E-state index contributed by atoms with van der Waals surface area (Å²) in [6.07, 6.45) is 9.80. The summed E-state index contributed by atoms with van der Waals surface area (Å²) < 4.78 is 5.58. The van der Waals surface area contributed by atoms with Gasteiger partial charge < -0.3 is 25.6 Å². The van der Waals surface area contributed by atoms with Crippen LogP contribution in [0.5, 0.6) is 0 Å². The number of hydrogen-bond donors (Lipinski definition) is 3. The number of nitrogens with one attached hydrogen (secondary N) is 3. The molecule has 5 fully saturated rings. The SMILES string of the molecule is CC(C)(C)OC(=O)N1CCC(CN[C@@H]2[C@@H]3CC4C[C@H]2C[C@@](CNc2nc(NCc5ccccc5Cl)ncc2C#N)(C4)C3)CC1. The first-order valence-electron chi connectivity index (χ1n) is 16.3. The molecule has 9 nitrogen and oxygen atoms in total. The first-order chi connectivity index (χ1) is 21.1. The quantitative estimate of drug-likeness (QED) is 0.293. The average Bonchev–Trinajstić information content (AvgIpc) is 2.98. The first kappa shape index (κ1) is 30.9. The van der Waals surface area contributed by atoms with E-state index < -0.39 is 5.60 Å². The number of nitriles is 1. The summed E-state index contributed by atoms with van der Waals surface area (Å²) in [5.41, 5.74) is 1.23. The molecule has 4 aliphatic carbocycles. The highest BCUT2D eigenvalue weighted by Gasteiger charge is 2.55. The molecule has 0 radical (unpaired) electrons. The van der Waals surface area contributed by atoms with Crippen molar-refractivity contribution in [1.29, 1.82) is 5.26 Å². The third-order valence-corrected chi connectivity index (χ3v) is 10.6. The molecule has 10 heteroatoms. The Labute approximate surface area is 266 Å². The van der Waals surface area contributed by atoms with Crippen LogP contribution in [0.4, 0.5) is 16.6 Å². The smallest absolute Gasteiger partial charge is 0.410 e. The van der Waals surface area contributed by atoms with E-state index in [1.807, 2.05) is 49.9 Å². The van der Waals surface area contributed by atoms with E-state index in [1.54, 1.807) is 6.20 Å². The van der Waals surface area contributed by atoms with Crippen molar-refractivity contribution < 1.29 is 9.53 Å². The van der Waals surface area contributed by atoms with Gasteiger partial charge in [-0.15, -0.1) is 0 Å². The number of hydrogen-bond acceptors (Lipinski definition) is 8. The fraction of sp³-hybridized carbons (Fsp3) is 0.647. The Morgan fingerprint density at radius 2 is 1.86 bits per heavy atom. The summed E-state index contributed by atoms with van der Waals surface area (Å²) in [5, 5.41) is 21.3. The monoisotopic (exact) mass is 619 g/mol. The second kappa shape index (κ2) is 12.7. The molecule has 7 rings (SSSR count). The first-order valence-corrected chi connectivity index (χ1v) is 16.7. The minimum absolute atomic E-state index is 0.183. The summed E-state index contributed by atoms with van der Waals surface area (Å²) in [6, 6.07) is 10.6. The normalized spacial score (nSPS) is 28.0. The Morgan fingerprint density at radius 3 is 2.55 bits per heavy atom. The van der Waals surface area contributed by atoms with E-state index in [-0.39, 0.29) is 11.5 Å². The number of carbonyl (C=O) groups is 1. The number of halogens is 1. The minimum atomic E-state index is -0.452. The number of likely N-dealkylation sites (tertiary alicyclic amines) is 1. The molecule has 1 unspecified atom stereocenters. The van der Waals surface area contributed by atoms with Crippen LogP contribution < -0.4 is 16.0 Å². The van der Waals surface area contributed by atoms with Crippen LogP contribution in [0.15, 0.2) is 30.5 Å². The molecule has 5 aliphatic rings. The van der Waals surface area contributed by atoms with E-state index in [0.717, 1.165) is 50.5 Å². The van der Waals surface area contributed by atoms with Gasteiger partial charge in [0.25, 0.3) is 0 Å². The predicted octanol–water partition coefficient (Wildman–Crippen LogP) is 6.46. The number of benzene rings is 1. The molecule has 236 valence electrons. The van der Waals surface area contributed by atoms with Gasteiger partial charge in [-0.05, 0) is 113 Å². The third-order valence-electron chi connectivity index (χ3n) is 10.2. The topological polar surface area (TPSA) is 115 Å². The van der Waals surface area contributed by atoms with Crippen molar-refractivity contribution in [1.82, 2.24) is 20.2 Å². The Kier molecular flexibility index (Phi) is 8.94. The van der Waals surface area contributed by atoms with Gasteiger partial charge in [0.05, 0.1) is 6.20 Å². The summed E-state index contributed by atoms with van der Waals surface area (Å²) in [6.45, 7) is 9.70. The van der Waals surface area contributed by atoms with E-state index in [9.17, 15) is 10.1 Å². The summed E-state index contributed by atoms with van der Waals surface area (Å²) in [4.78, 5) is 23.4. The second-order valence-electron chi connectivity index (χ2n) is 14.7. The van der Waals surface area contributed by atoms with E-state index in [2.05, 4.69) is 27.0 Å². The van der Waals surface area contributed by atoms with Crippen LogP contribution in [0, 0.1) is 40.4 Å². The highest BCUT2D eigenvalue weighted by molar-refractivity contribution is 6.31. The van der Waals surface area contributed by atoms with Gasteiger partial charge in [-0.25, -0.2) is 9.78 Å². The standard InChI is InChI=1S/C34H46ClN7O2/c1-33(2,3)44-32(43)42-10-8-22(9-11-42)18-37-29-25-12-23-13-26(29)16-34(14-23,15-25)21-40-30-27(17-36)20-39-31(41-30)38-19-24-6-4-5-7-28(24)35/h4-7,20,22-23,25-26,29,37H,8-16,18-19,21H2,1-3H3,(H2,38,39,40,41)/t23?,25-,26+,29-,34-.